The molecule has 0 amide bonds. The average molecular weight is 637 g/mol. The number of nitrogens with zero attached hydrogens (tertiary/aromatic N) is 3. The van der Waals surface area contributed by atoms with Crippen molar-refractivity contribution < 1.29 is 28.3 Å². The molecule has 0 saturated heterocycles. The first-order valence-electron chi connectivity index (χ1n) is 11.7. The lowest BCUT2D eigenvalue weighted by atomic mass is 9.94. The molecular formula is C28H27F3IN3O3. The Hall–Kier alpha value is -3.25. The van der Waals surface area contributed by atoms with E-state index in [9.17, 15) is 23.2 Å². The van der Waals surface area contributed by atoms with E-state index in [4.69, 9.17) is 5.11 Å². The highest BCUT2D eigenvalue weighted by Gasteiger charge is 2.34. The second-order valence-electron chi connectivity index (χ2n) is 8.80. The van der Waals surface area contributed by atoms with Crippen molar-refractivity contribution in [2.75, 3.05) is 13.6 Å². The number of aliphatic imine (C=N–C) groups is 1. The molecule has 0 aliphatic rings. The van der Waals surface area contributed by atoms with Crippen LogP contribution in [0.1, 0.15) is 40.3 Å². The first-order chi connectivity index (χ1) is 17.9. The third-order valence-corrected chi connectivity index (χ3v) is 6.85. The number of carboxylic acid groups (broad SMARTS) is 1. The van der Waals surface area contributed by atoms with Crippen molar-refractivity contribution in [2.45, 2.75) is 33.0 Å². The van der Waals surface area contributed by atoms with E-state index in [0.717, 1.165) is 22.8 Å². The zero-order valence-electron chi connectivity index (χ0n) is 21.1. The van der Waals surface area contributed by atoms with E-state index in [1.165, 1.54) is 6.07 Å². The molecule has 0 saturated carbocycles. The third kappa shape index (κ3) is 7.19. The minimum absolute atomic E-state index is 0.0499. The standard InChI is InChI=1S/C28H27F3IN3O3/c1-4-18-13-20(9-10-21(18)15-35(3)16-25(36)37)27(34-38)33-26(32)19-11-12-23(24(14-19)28(29,30)31)22-8-6-5-7-17(22)2/h5-14,38H,4,15-16H2,1-3H3,(H,36,37)/b33-26?,34-27-. The predicted octanol–water partition coefficient (Wildman–Crippen LogP) is 6.78. The monoisotopic (exact) mass is 637 g/mol. The van der Waals surface area contributed by atoms with Crippen LogP contribution in [-0.4, -0.2) is 44.3 Å². The van der Waals surface area contributed by atoms with Crippen LogP contribution < -0.4 is 0 Å². The van der Waals surface area contributed by atoms with Gasteiger partial charge >= 0.3 is 12.1 Å². The molecule has 3 aromatic rings. The van der Waals surface area contributed by atoms with E-state index in [2.05, 4.69) is 10.1 Å². The minimum atomic E-state index is -4.59. The number of carboxylic acids is 1. The van der Waals surface area contributed by atoms with Crippen molar-refractivity contribution in [1.82, 2.24) is 4.90 Å². The summed E-state index contributed by atoms with van der Waals surface area (Å²) in [6.45, 7) is 4.00. The van der Waals surface area contributed by atoms with Crippen LogP contribution in [0.15, 0.2) is 70.8 Å². The van der Waals surface area contributed by atoms with E-state index < -0.39 is 17.7 Å². The number of halogens is 4. The van der Waals surface area contributed by atoms with E-state index in [1.807, 2.05) is 29.5 Å². The first kappa shape index (κ1) is 29.3. The molecule has 10 heteroatoms. The highest BCUT2D eigenvalue weighted by molar-refractivity contribution is 14.1. The number of aryl methyl sites for hydroxylation is 2. The van der Waals surface area contributed by atoms with Gasteiger partial charge in [0.15, 0.2) is 5.84 Å². The van der Waals surface area contributed by atoms with Crippen molar-refractivity contribution in [3.05, 3.63) is 94.0 Å². The Balaban J connectivity index is 1.97. The van der Waals surface area contributed by atoms with Gasteiger partial charge < -0.3 is 10.3 Å². The normalized spacial score (nSPS) is 12.7. The molecule has 2 N–H and O–H groups in total. The van der Waals surface area contributed by atoms with Crippen molar-refractivity contribution in [2.24, 2.45) is 10.1 Å². The van der Waals surface area contributed by atoms with Crippen molar-refractivity contribution in [1.29, 1.82) is 0 Å². The fraction of sp³-hybridized carbons (Fsp3) is 0.250. The topological polar surface area (TPSA) is 85.5 Å². The second kappa shape index (κ2) is 12.5. The summed E-state index contributed by atoms with van der Waals surface area (Å²) in [6, 6.07) is 16.2. The Morgan fingerprint density at radius 2 is 1.68 bits per heavy atom. The smallest absolute Gasteiger partial charge is 0.417 e. The van der Waals surface area contributed by atoms with Gasteiger partial charge in [0.05, 0.1) is 12.1 Å². The number of likely N-dealkylation sites (N-methyl/N-ethyl adjacent to an activating group) is 1. The summed E-state index contributed by atoms with van der Waals surface area (Å²) < 4.78 is 42.3. The van der Waals surface area contributed by atoms with E-state index in [0.29, 0.717) is 24.1 Å². The van der Waals surface area contributed by atoms with Crippen molar-refractivity contribution in [3.63, 3.8) is 0 Å². The van der Waals surface area contributed by atoms with Gasteiger partial charge in [0.25, 0.3) is 0 Å². The number of amidine groups is 1. The van der Waals surface area contributed by atoms with Gasteiger partial charge in [-0.15, -0.1) is 0 Å². The highest BCUT2D eigenvalue weighted by atomic mass is 127. The second-order valence-corrected chi connectivity index (χ2v) is 9.82. The Labute approximate surface area is 232 Å². The summed E-state index contributed by atoms with van der Waals surface area (Å²) in [5.41, 5.74) is 3.07. The van der Waals surface area contributed by atoms with Gasteiger partial charge in [0, 0.05) is 17.7 Å². The van der Waals surface area contributed by atoms with Crippen molar-refractivity contribution >= 4 is 38.1 Å². The molecule has 0 bridgehead atoms. The van der Waals surface area contributed by atoms with Crippen LogP contribution in [0, 0.1) is 6.92 Å². The van der Waals surface area contributed by atoms with Gasteiger partial charge in [-0.25, -0.2) is 4.99 Å². The molecule has 6 nitrogen and oxygen atoms in total. The lowest BCUT2D eigenvalue weighted by molar-refractivity contribution is -0.138. The molecule has 0 atom stereocenters. The molecule has 0 radical (unpaired) electrons. The van der Waals surface area contributed by atoms with Crippen LogP contribution >= 0.6 is 22.6 Å². The van der Waals surface area contributed by atoms with Crippen LogP contribution in [0.2, 0.25) is 0 Å². The molecule has 3 aromatic carbocycles. The maximum Gasteiger partial charge on any atom is 0.417 e. The zero-order chi connectivity index (χ0) is 28.0. The Kier molecular flexibility index (Phi) is 9.66. The molecule has 0 unspecified atom stereocenters. The summed E-state index contributed by atoms with van der Waals surface area (Å²) in [7, 11) is 1.70. The van der Waals surface area contributed by atoms with Crippen LogP contribution in [0.3, 0.4) is 0 Å². The maximum absolute atomic E-state index is 14.0. The Bertz CT molecular complexity index is 1390. The summed E-state index contributed by atoms with van der Waals surface area (Å²) in [5.74, 6) is -0.979. The predicted molar refractivity (Wildman–Crippen MR) is 150 cm³/mol. The molecular weight excluding hydrogens is 610 g/mol. The largest absolute Gasteiger partial charge is 0.480 e. The number of carbonyl (C=O) groups is 1. The average Bonchev–Trinajstić information content (AvgIpc) is 2.86. The number of aliphatic carboxylic acids is 1. The molecule has 0 aromatic heterocycles. The van der Waals surface area contributed by atoms with Gasteiger partial charge in [-0.05, 0) is 82.9 Å². The number of oxime groups is 1. The van der Waals surface area contributed by atoms with E-state index >= 15 is 0 Å². The zero-order valence-corrected chi connectivity index (χ0v) is 23.2. The summed E-state index contributed by atoms with van der Waals surface area (Å²) in [4.78, 5) is 17.0. The molecule has 0 aliphatic heterocycles. The fourth-order valence-corrected chi connectivity index (χ4v) is 4.71. The summed E-state index contributed by atoms with van der Waals surface area (Å²) >= 11 is 1.83. The highest BCUT2D eigenvalue weighted by Crippen LogP contribution is 2.39. The first-order valence-corrected chi connectivity index (χ1v) is 12.8. The van der Waals surface area contributed by atoms with Crippen LogP contribution in [-0.2, 0) is 23.9 Å². The molecule has 0 aliphatic carbocycles. The molecule has 3 rings (SSSR count). The van der Waals surface area contributed by atoms with E-state index in [1.54, 1.807) is 67.4 Å². The molecule has 200 valence electrons. The molecule has 0 spiro atoms. The fourth-order valence-electron chi connectivity index (χ4n) is 4.15. The molecule has 0 heterocycles. The molecule has 38 heavy (non-hydrogen) atoms. The van der Waals surface area contributed by atoms with Gasteiger partial charge in [-0.3, -0.25) is 9.69 Å². The lowest BCUT2D eigenvalue weighted by Crippen LogP contribution is -2.25. The third-order valence-electron chi connectivity index (χ3n) is 5.99. The number of alkyl halides is 3. The maximum atomic E-state index is 14.0. The summed E-state index contributed by atoms with van der Waals surface area (Å²) in [5, 5.41) is 22.0. The molecule has 0 fully saturated rings. The van der Waals surface area contributed by atoms with Crippen molar-refractivity contribution in [3.8, 4) is 11.1 Å². The number of hydrogen-bond donors (Lipinski definition) is 2. The number of benzene rings is 3. The van der Waals surface area contributed by atoms with Gasteiger partial charge in [0.2, 0.25) is 0 Å². The Morgan fingerprint density at radius 3 is 2.29 bits per heavy atom. The minimum Gasteiger partial charge on any atom is -0.480 e. The SMILES string of the molecule is CCc1cc(/C(N=C(I)c2ccc(-c3ccccc3C)c(C(F)(F)F)c2)=N/O)ccc1CN(C)CC(=O)O. The van der Waals surface area contributed by atoms with Crippen LogP contribution in [0.5, 0.6) is 0 Å². The van der Waals surface area contributed by atoms with E-state index in [-0.39, 0.29) is 27.2 Å². The van der Waals surface area contributed by atoms with Gasteiger partial charge in [-0.1, -0.05) is 60.6 Å². The number of rotatable bonds is 8. The van der Waals surface area contributed by atoms with Gasteiger partial charge in [0.1, 0.15) is 3.72 Å². The number of hydrogen-bond acceptors (Lipinski definition) is 4. The van der Waals surface area contributed by atoms with Crippen LogP contribution in [0.4, 0.5) is 13.2 Å². The van der Waals surface area contributed by atoms with Gasteiger partial charge in [-0.2, -0.15) is 13.2 Å². The Morgan fingerprint density at radius 1 is 1.00 bits per heavy atom. The summed E-state index contributed by atoms with van der Waals surface area (Å²) in [6.07, 6.45) is -3.95. The van der Waals surface area contributed by atoms with Crippen LogP contribution in [0.25, 0.3) is 11.1 Å². The quantitative estimate of drug-likeness (QED) is 0.0939. The lowest BCUT2D eigenvalue weighted by Gasteiger charge is -2.17.